The lowest BCUT2D eigenvalue weighted by Gasteiger charge is -2.28. The first-order chi connectivity index (χ1) is 14.5. The number of rotatable bonds is 4. The molecule has 0 bridgehead atoms. The summed E-state index contributed by atoms with van der Waals surface area (Å²) >= 11 is 1.95. The smallest absolute Gasteiger partial charge is 0.266 e. The molecule has 0 amide bonds. The molecule has 1 aliphatic rings. The molecule has 1 fully saturated rings. The van der Waals surface area contributed by atoms with Gasteiger partial charge < -0.3 is 10.4 Å². The maximum absolute atomic E-state index is 14.5. The molecule has 2 heterocycles. The summed E-state index contributed by atoms with van der Waals surface area (Å²) in [5.41, 5.74) is -0.969. The van der Waals surface area contributed by atoms with E-state index in [-0.39, 0.29) is 22.1 Å². The van der Waals surface area contributed by atoms with Crippen LogP contribution in [-0.2, 0) is 9.84 Å². The van der Waals surface area contributed by atoms with Crippen molar-refractivity contribution in [1.29, 1.82) is 0 Å². The molecule has 31 heavy (non-hydrogen) atoms. The quantitative estimate of drug-likeness (QED) is 0.473. The average Bonchev–Trinajstić information content (AvgIpc) is 3.03. The summed E-state index contributed by atoms with van der Waals surface area (Å²) in [6, 6.07) is 4.74. The second kappa shape index (κ2) is 7.78. The third-order valence-electron chi connectivity index (χ3n) is 5.53. The number of fused-ring (bicyclic) bond motifs is 1. The minimum Gasteiger partial charge on any atom is -0.388 e. The van der Waals surface area contributed by atoms with E-state index in [0.29, 0.717) is 27.4 Å². The molecule has 8 nitrogen and oxygen atoms in total. The Morgan fingerprint density at radius 1 is 1.35 bits per heavy atom. The number of sulfone groups is 1. The Balaban J connectivity index is 1.81. The van der Waals surface area contributed by atoms with E-state index in [2.05, 4.69) is 15.3 Å². The van der Waals surface area contributed by atoms with Crippen molar-refractivity contribution in [1.82, 2.24) is 14.5 Å². The SMILES string of the molecule is C[C@@]1(O)CCC[C@H]1n1c(=O)c(I)cc2cnc(Nc3ccc(S(C)(=O)=O)cc3F)nc21. The molecule has 0 unspecified atom stereocenters. The topological polar surface area (TPSA) is 114 Å². The number of pyridine rings is 1. The Bertz CT molecular complexity index is 1360. The number of hydrogen-bond donors (Lipinski definition) is 2. The summed E-state index contributed by atoms with van der Waals surface area (Å²) in [5, 5.41) is 14.2. The van der Waals surface area contributed by atoms with Gasteiger partial charge in [-0.2, -0.15) is 4.98 Å². The molecule has 11 heteroatoms. The van der Waals surface area contributed by atoms with Crippen LogP contribution in [0.15, 0.2) is 40.2 Å². The monoisotopic (exact) mass is 558 g/mol. The Morgan fingerprint density at radius 2 is 2.10 bits per heavy atom. The largest absolute Gasteiger partial charge is 0.388 e. The second-order valence-electron chi connectivity index (χ2n) is 7.94. The Hall–Kier alpha value is -2.12. The minimum absolute atomic E-state index is 0.000906. The van der Waals surface area contributed by atoms with Crippen molar-refractivity contribution in [2.75, 3.05) is 11.6 Å². The zero-order valence-corrected chi connectivity index (χ0v) is 19.7. The lowest BCUT2D eigenvalue weighted by Crippen LogP contribution is -2.38. The Morgan fingerprint density at radius 3 is 2.71 bits per heavy atom. The average molecular weight is 558 g/mol. The van der Waals surface area contributed by atoms with Crippen molar-refractivity contribution >= 4 is 55.1 Å². The van der Waals surface area contributed by atoms with Crippen molar-refractivity contribution < 1.29 is 17.9 Å². The predicted molar refractivity (Wildman–Crippen MR) is 123 cm³/mol. The molecular formula is C20H20FIN4O4S. The number of halogens is 2. The van der Waals surface area contributed by atoms with Crippen LogP contribution in [0.1, 0.15) is 32.2 Å². The number of nitrogens with zero attached hydrogens (tertiary/aromatic N) is 3. The predicted octanol–water partition coefficient (Wildman–Crippen LogP) is 3.16. The van der Waals surface area contributed by atoms with Gasteiger partial charge in [0.2, 0.25) is 5.95 Å². The van der Waals surface area contributed by atoms with Crippen LogP contribution in [0.5, 0.6) is 0 Å². The van der Waals surface area contributed by atoms with Gasteiger partial charge in [-0.15, -0.1) is 0 Å². The number of hydrogen-bond acceptors (Lipinski definition) is 7. The van der Waals surface area contributed by atoms with Crippen molar-refractivity contribution in [3.8, 4) is 0 Å². The number of nitrogens with one attached hydrogen (secondary N) is 1. The van der Waals surface area contributed by atoms with Crippen LogP contribution in [0.25, 0.3) is 11.0 Å². The zero-order chi connectivity index (χ0) is 22.6. The molecule has 1 saturated carbocycles. The fraction of sp³-hybridized carbons (Fsp3) is 0.350. The summed E-state index contributed by atoms with van der Waals surface area (Å²) in [4.78, 5) is 21.5. The molecule has 2 N–H and O–H groups in total. The van der Waals surface area contributed by atoms with Crippen molar-refractivity contribution in [3.05, 3.63) is 50.2 Å². The molecule has 1 aliphatic carbocycles. The molecule has 4 rings (SSSR count). The van der Waals surface area contributed by atoms with Gasteiger partial charge in [0.15, 0.2) is 9.84 Å². The van der Waals surface area contributed by atoms with E-state index in [1.54, 1.807) is 13.0 Å². The number of anilines is 2. The van der Waals surface area contributed by atoms with Crippen molar-refractivity contribution in [3.63, 3.8) is 0 Å². The van der Waals surface area contributed by atoms with Crippen LogP contribution in [-0.4, -0.2) is 39.9 Å². The minimum atomic E-state index is -3.54. The summed E-state index contributed by atoms with van der Waals surface area (Å²) in [5.74, 6) is -0.726. The molecule has 0 saturated heterocycles. The number of aliphatic hydroxyl groups is 1. The van der Waals surface area contributed by atoms with Crippen LogP contribution in [0.2, 0.25) is 0 Å². The van der Waals surface area contributed by atoms with Crippen LogP contribution < -0.4 is 10.9 Å². The maximum Gasteiger partial charge on any atom is 0.266 e. The van der Waals surface area contributed by atoms with Crippen LogP contribution >= 0.6 is 22.6 Å². The molecule has 2 atom stereocenters. The maximum atomic E-state index is 14.5. The highest BCUT2D eigenvalue weighted by Gasteiger charge is 2.39. The van der Waals surface area contributed by atoms with E-state index in [9.17, 15) is 22.7 Å². The van der Waals surface area contributed by atoms with Crippen molar-refractivity contribution in [2.45, 2.75) is 42.7 Å². The second-order valence-corrected chi connectivity index (χ2v) is 11.1. The molecule has 0 spiro atoms. The summed E-state index contributed by atoms with van der Waals surface area (Å²) in [6.07, 6.45) is 4.52. The molecule has 164 valence electrons. The van der Waals surface area contributed by atoms with E-state index in [0.717, 1.165) is 18.7 Å². The van der Waals surface area contributed by atoms with E-state index >= 15 is 0 Å². The van der Waals surface area contributed by atoms with Gasteiger partial charge in [-0.3, -0.25) is 9.36 Å². The molecule has 2 aromatic heterocycles. The van der Waals surface area contributed by atoms with E-state index in [4.69, 9.17) is 0 Å². The third kappa shape index (κ3) is 4.17. The highest BCUT2D eigenvalue weighted by atomic mass is 127. The van der Waals surface area contributed by atoms with Gasteiger partial charge in [-0.05, 0) is 73.0 Å². The van der Waals surface area contributed by atoms with Crippen LogP contribution in [0.4, 0.5) is 16.0 Å². The summed E-state index contributed by atoms with van der Waals surface area (Å²) in [7, 11) is -3.54. The normalized spacial score (nSPS) is 21.5. The Labute approximate surface area is 191 Å². The summed E-state index contributed by atoms with van der Waals surface area (Å²) in [6.45, 7) is 1.71. The highest BCUT2D eigenvalue weighted by Crippen LogP contribution is 2.39. The lowest BCUT2D eigenvalue weighted by molar-refractivity contribution is 0.0266. The molecular weight excluding hydrogens is 538 g/mol. The first-order valence-corrected chi connectivity index (χ1v) is 12.5. The van der Waals surface area contributed by atoms with Gasteiger partial charge >= 0.3 is 0 Å². The van der Waals surface area contributed by atoms with E-state index in [1.165, 1.54) is 22.9 Å². The van der Waals surface area contributed by atoms with E-state index < -0.39 is 27.3 Å². The van der Waals surface area contributed by atoms with Crippen LogP contribution in [0.3, 0.4) is 0 Å². The third-order valence-corrected chi connectivity index (χ3v) is 7.42. The standard InChI is InChI=1S/C20H20FIN4O4S/c1-20(28)7-3-4-16(20)26-17-11(8-14(22)18(26)27)10-23-19(25-17)24-15-6-5-12(9-13(15)21)31(2,29)30/h5-6,8-10,16,28H,3-4,7H2,1-2H3,(H,23,24,25)/t16-,20-/m1/s1. The molecule has 0 radical (unpaired) electrons. The number of benzene rings is 1. The highest BCUT2D eigenvalue weighted by molar-refractivity contribution is 14.1. The van der Waals surface area contributed by atoms with Gasteiger partial charge in [0.25, 0.3) is 5.56 Å². The first kappa shape index (κ1) is 22.1. The first-order valence-electron chi connectivity index (χ1n) is 9.54. The fourth-order valence-corrected chi connectivity index (χ4v) is 5.15. The van der Waals surface area contributed by atoms with E-state index in [1.807, 2.05) is 22.6 Å². The molecule has 1 aromatic carbocycles. The zero-order valence-electron chi connectivity index (χ0n) is 16.8. The Kier molecular flexibility index (Phi) is 5.54. The number of aromatic nitrogens is 3. The van der Waals surface area contributed by atoms with Gasteiger partial charge in [0, 0.05) is 17.8 Å². The molecule has 3 aromatic rings. The van der Waals surface area contributed by atoms with Gasteiger partial charge in [0.1, 0.15) is 11.5 Å². The molecule has 0 aliphatic heterocycles. The van der Waals surface area contributed by atoms with Gasteiger partial charge in [-0.25, -0.2) is 17.8 Å². The van der Waals surface area contributed by atoms with Gasteiger partial charge in [-0.1, -0.05) is 0 Å². The summed E-state index contributed by atoms with van der Waals surface area (Å²) < 4.78 is 39.7. The van der Waals surface area contributed by atoms with Crippen LogP contribution in [0, 0.1) is 9.39 Å². The lowest BCUT2D eigenvalue weighted by atomic mass is 10.00. The van der Waals surface area contributed by atoms with Crippen molar-refractivity contribution in [2.24, 2.45) is 0 Å². The fourth-order valence-electron chi connectivity index (χ4n) is 3.92. The van der Waals surface area contributed by atoms with Gasteiger partial charge in [0.05, 0.1) is 25.8 Å².